The summed E-state index contributed by atoms with van der Waals surface area (Å²) in [6.07, 6.45) is 0. The topological polar surface area (TPSA) is 57.5 Å². The van der Waals surface area contributed by atoms with Crippen molar-refractivity contribution in [1.82, 2.24) is 0 Å². The fourth-order valence-corrected chi connectivity index (χ4v) is 1.09. The lowest BCUT2D eigenvalue weighted by molar-refractivity contribution is 0.0222. The molecule has 6 heteroatoms. The molecule has 0 saturated heterocycles. The number of hydrogen-bond donors (Lipinski definition) is 2. The van der Waals surface area contributed by atoms with Crippen LogP contribution in [0.1, 0.15) is 17.3 Å². The Morgan fingerprint density at radius 3 is 2.47 bits per heavy atom. The maximum absolute atomic E-state index is 12.7. The van der Waals surface area contributed by atoms with Gasteiger partial charge in [0.2, 0.25) is 5.78 Å². The lowest BCUT2D eigenvalue weighted by atomic mass is 9.79. The average molecular weight is 214 g/mol. The number of carbonyl (C=O) groups is 1. The van der Waals surface area contributed by atoms with Crippen molar-refractivity contribution in [3.8, 4) is 0 Å². The van der Waals surface area contributed by atoms with Crippen LogP contribution in [0, 0.1) is 0 Å². The van der Waals surface area contributed by atoms with Gasteiger partial charge in [0.05, 0.1) is 0 Å². The second-order valence-electron chi connectivity index (χ2n) is 3.22. The first-order valence-electron chi connectivity index (χ1n) is 4.21. The number of benzene rings is 1. The van der Waals surface area contributed by atoms with Crippen molar-refractivity contribution < 1.29 is 23.6 Å². The van der Waals surface area contributed by atoms with E-state index < -0.39 is 18.8 Å². The summed E-state index contributed by atoms with van der Waals surface area (Å²) in [5.74, 6) is -4.80. The monoisotopic (exact) mass is 214 g/mol. The highest BCUT2D eigenvalue weighted by atomic mass is 19.3. The quantitative estimate of drug-likeness (QED) is 0.558. The van der Waals surface area contributed by atoms with Crippen LogP contribution in [-0.2, 0) is 0 Å². The van der Waals surface area contributed by atoms with E-state index in [1.165, 1.54) is 18.2 Å². The number of ketones is 1. The first kappa shape index (κ1) is 11.8. The van der Waals surface area contributed by atoms with Gasteiger partial charge >= 0.3 is 13.0 Å². The zero-order valence-electron chi connectivity index (χ0n) is 7.95. The predicted octanol–water partition coefficient (Wildman–Crippen LogP) is 0.204. The molecule has 2 N–H and O–H groups in total. The summed E-state index contributed by atoms with van der Waals surface area (Å²) >= 11 is 0. The fourth-order valence-electron chi connectivity index (χ4n) is 1.09. The first-order chi connectivity index (χ1) is 6.82. The lowest BCUT2D eigenvalue weighted by Gasteiger charge is -2.09. The molecule has 0 aliphatic carbocycles. The molecular formula is C9H9BF2O3. The number of Topliss-reactive ketones (excluding diaryl/α,β-unsaturated/α-hetero) is 1. The standard InChI is InChI=1S/C9H9BF2O3/c1-9(11,12)8(13)6-3-2-4-7(5-6)10(14)15/h2-5,14-15H,1H3. The van der Waals surface area contributed by atoms with Gasteiger partial charge in [-0.3, -0.25) is 4.79 Å². The van der Waals surface area contributed by atoms with Crippen LogP contribution in [0.15, 0.2) is 24.3 Å². The molecule has 0 spiro atoms. The second kappa shape index (κ2) is 4.08. The van der Waals surface area contributed by atoms with Gasteiger partial charge < -0.3 is 10.0 Å². The Morgan fingerprint density at radius 2 is 2.00 bits per heavy atom. The minimum Gasteiger partial charge on any atom is -0.423 e. The van der Waals surface area contributed by atoms with Crippen LogP contribution < -0.4 is 5.46 Å². The third kappa shape index (κ3) is 2.84. The van der Waals surface area contributed by atoms with Gasteiger partial charge in [-0.05, 0) is 5.46 Å². The van der Waals surface area contributed by atoms with Gasteiger partial charge in [0, 0.05) is 12.5 Å². The summed E-state index contributed by atoms with van der Waals surface area (Å²) in [4.78, 5) is 11.1. The van der Waals surface area contributed by atoms with Crippen molar-refractivity contribution in [3.63, 3.8) is 0 Å². The second-order valence-corrected chi connectivity index (χ2v) is 3.22. The van der Waals surface area contributed by atoms with Crippen LogP contribution in [0.5, 0.6) is 0 Å². The minimum atomic E-state index is -3.46. The van der Waals surface area contributed by atoms with E-state index in [4.69, 9.17) is 10.0 Å². The van der Waals surface area contributed by atoms with E-state index in [-0.39, 0.29) is 11.0 Å². The maximum Gasteiger partial charge on any atom is 0.488 e. The number of hydrogen-bond acceptors (Lipinski definition) is 3. The maximum atomic E-state index is 12.7. The van der Waals surface area contributed by atoms with E-state index in [1.54, 1.807) is 0 Å². The van der Waals surface area contributed by atoms with Crippen molar-refractivity contribution in [2.75, 3.05) is 0 Å². The molecule has 0 radical (unpaired) electrons. The van der Waals surface area contributed by atoms with Gasteiger partial charge in [-0.15, -0.1) is 0 Å². The molecule has 0 saturated carbocycles. The highest BCUT2D eigenvalue weighted by Gasteiger charge is 2.33. The van der Waals surface area contributed by atoms with Gasteiger partial charge in [-0.1, -0.05) is 24.3 Å². The molecule has 15 heavy (non-hydrogen) atoms. The summed E-state index contributed by atoms with van der Waals surface area (Å²) in [7, 11) is -1.77. The van der Waals surface area contributed by atoms with E-state index in [2.05, 4.69) is 0 Å². The summed E-state index contributed by atoms with van der Waals surface area (Å²) in [6.45, 7) is 0.497. The molecule has 0 fully saturated rings. The van der Waals surface area contributed by atoms with Crippen molar-refractivity contribution in [3.05, 3.63) is 29.8 Å². The number of carbonyl (C=O) groups excluding carboxylic acids is 1. The van der Waals surface area contributed by atoms with Gasteiger partial charge in [0.1, 0.15) is 0 Å². The van der Waals surface area contributed by atoms with Crippen molar-refractivity contribution in [1.29, 1.82) is 0 Å². The van der Waals surface area contributed by atoms with Crippen LogP contribution in [0.4, 0.5) is 8.78 Å². The molecule has 0 unspecified atom stereocenters. The summed E-state index contributed by atoms with van der Waals surface area (Å²) in [5.41, 5.74) is -0.238. The Labute approximate surface area is 85.5 Å². The highest BCUT2D eigenvalue weighted by Crippen LogP contribution is 2.18. The molecule has 0 amide bonds. The zero-order valence-corrected chi connectivity index (χ0v) is 7.95. The Morgan fingerprint density at radius 1 is 1.40 bits per heavy atom. The van der Waals surface area contributed by atoms with Crippen LogP contribution >= 0.6 is 0 Å². The van der Waals surface area contributed by atoms with E-state index in [0.29, 0.717) is 6.92 Å². The molecule has 0 aromatic heterocycles. The first-order valence-corrected chi connectivity index (χ1v) is 4.21. The molecule has 0 atom stereocenters. The van der Waals surface area contributed by atoms with E-state index in [1.807, 2.05) is 0 Å². The highest BCUT2D eigenvalue weighted by molar-refractivity contribution is 6.58. The van der Waals surface area contributed by atoms with Crippen LogP contribution in [-0.4, -0.2) is 28.9 Å². The van der Waals surface area contributed by atoms with Gasteiger partial charge in [0.15, 0.2) is 0 Å². The molecule has 3 nitrogen and oxygen atoms in total. The summed E-state index contributed by atoms with van der Waals surface area (Å²) in [5, 5.41) is 17.6. The number of halogens is 2. The normalized spacial score (nSPS) is 11.3. The van der Waals surface area contributed by atoms with E-state index >= 15 is 0 Å². The minimum absolute atomic E-state index is 0.00472. The molecule has 80 valence electrons. The molecule has 1 aromatic carbocycles. The predicted molar refractivity (Wildman–Crippen MR) is 51.2 cm³/mol. The van der Waals surface area contributed by atoms with E-state index in [0.717, 1.165) is 6.07 Å². The molecule has 0 aliphatic rings. The van der Waals surface area contributed by atoms with Gasteiger partial charge in [-0.25, -0.2) is 0 Å². The van der Waals surface area contributed by atoms with Crippen LogP contribution in [0.25, 0.3) is 0 Å². The third-order valence-electron chi connectivity index (χ3n) is 1.85. The Balaban J connectivity index is 3.06. The zero-order chi connectivity index (χ0) is 11.6. The molecule has 1 rings (SSSR count). The number of rotatable bonds is 3. The molecule has 0 aliphatic heterocycles. The Kier molecular flexibility index (Phi) is 3.21. The van der Waals surface area contributed by atoms with Gasteiger partial charge in [-0.2, -0.15) is 8.78 Å². The Bertz CT molecular complexity index is 374. The number of alkyl halides is 2. The smallest absolute Gasteiger partial charge is 0.423 e. The lowest BCUT2D eigenvalue weighted by Crippen LogP contribution is -2.32. The molecule has 0 bridgehead atoms. The van der Waals surface area contributed by atoms with Gasteiger partial charge in [0.25, 0.3) is 0 Å². The average Bonchev–Trinajstić information content (AvgIpc) is 2.15. The van der Waals surface area contributed by atoms with Crippen LogP contribution in [0.2, 0.25) is 0 Å². The fraction of sp³-hybridized carbons (Fsp3) is 0.222. The SMILES string of the molecule is CC(F)(F)C(=O)c1cccc(B(O)O)c1. The van der Waals surface area contributed by atoms with Crippen molar-refractivity contribution >= 4 is 18.4 Å². The summed E-state index contributed by atoms with van der Waals surface area (Å²) < 4.78 is 25.3. The molecule has 0 heterocycles. The van der Waals surface area contributed by atoms with Crippen molar-refractivity contribution in [2.45, 2.75) is 12.8 Å². The molecular weight excluding hydrogens is 205 g/mol. The Hall–Kier alpha value is -1.27. The third-order valence-corrected chi connectivity index (χ3v) is 1.85. The van der Waals surface area contributed by atoms with Crippen molar-refractivity contribution in [2.24, 2.45) is 0 Å². The van der Waals surface area contributed by atoms with E-state index in [9.17, 15) is 13.6 Å². The largest absolute Gasteiger partial charge is 0.488 e. The van der Waals surface area contributed by atoms with Crippen LogP contribution in [0.3, 0.4) is 0 Å². The molecule has 1 aromatic rings. The summed E-state index contributed by atoms with van der Waals surface area (Å²) in [6, 6.07) is 4.87.